The van der Waals surface area contributed by atoms with Crippen molar-refractivity contribution in [3.8, 4) is 0 Å². The van der Waals surface area contributed by atoms with E-state index in [1.165, 1.54) is 16.7 Å². The topological polar surface area (TPSA) is 34.1 Å². The Kier molecular flexibility index (Phi) is 6.08. The van der Waals surface area contributed by atoms with Crippen LogP contribution in [0.25, 0.3) is 0 Å². The molecule has 0 heterocycles. The van der Waals surface area contributed by atoms with Gasteiger partial charge in [0, 0.05) is 24.0 Å². The summed E-state index contributed by atoms with van der Waals surface area (Å²) in [5, 5.41) is 0. The third-order valence-corrected chi connectivity index (χ3v) is 4.29. The number of rotatable bonds is 7. The van der Waals surface area contributed by atoms with E-state index in [0.717, 1.165) is 18.4 Å². The third-order valence-electron chi connectivity index (χ3n) is 4.29. The lowest BCUT2D eigenvalue weighted by molar-refractivity contribution is 0.0982. The SMILES string of the molecule is CCC(=O)c1cc(C)cc(C(=O)CCc2cc(C)cc(CC)c2)c1. The van der Waals surface area contributed by atoms with Gasteiger partial charge in [-0.25, -0.2) is 0 Å². The minimum Gasteiger partial charge on any atom is -0.294 e. The zero-order valence-corrected chi connectivity index (χ0v) is 15.1. The number of hydrogen-bond donors (Lipinski definition) is 0. The zero-order chi connectivity index (χ0) is 17.7. The van der Waals surface area contributed by atoms with Crippen molar-refractivity contribution in [1.82, 2.24) is 0 Å². The summed E-state index contributed by atoms with van der Waals surface area (Å²) in [6, 6.07) is 12.0. The highest BCUT2D eigenvalue weighted by Gasteiger charge is 2.11. The van der Waals surface area contributed by atoms with Crippen molar-refractivity contribution < 1.29 is 9.59 Å². The average Bonchev–Trinajstić information content (AvgIpc) is 2.57. The molecule has 0 amide bonds. The van der Waals surface area contributed by atoms with E-state index in [0.29, 0.717) is 24.0 Å². The summed E-state index contributed by atoms with van der Waals surface area (Å²) >= 11 is 0. The molecule has 0 aliphatic carbocycles. The predicted octanol–water partition coefficient (Wildman–Crippen LogP) is 5.27. The van der Waals surface area contributed by atoms with Crippen LogP contribution in [0.5, 0.6) is 0 Å². The van der Waals surface area contributed by atoms with Crippen molar-refractivity contribution in [2.24, 2.45) is 0 Å². The fourth-order valence-electron chi connectivity index (χ4n) is 3.01. The first-order valence-electron chi connectivity index (χ1n) is 8.70. The Morgan fingerprint density at radius 1 is 0.750 bits per heavy atom. The van der Waals surface area contributed by atoms with Gasteiger partial charge in [0.15, 0.2) is 11.6 Å². The summed E-state index contributed by atoms with van der Waals surface area (Å²) < 4.78 is 0. The first-order chi connectivity index (χ1) is 11.4. The molecule has 126 valence electrons. The van der Waals surface area contributed by atoms with E-state index in [2.05, 4.69) is 32.0 Å². The summed E-state index contributed by atoms with van der Waals surface area (Å²) in [6.45, 7) is 8.00. The fourth-order valence-corrected chi connectivity index (χ4v) is 3.01. The molecule has 2 rings (SSSR count). The molecule has 2 aromatic carbocycles. The van der Waals surface area contributed by atoms with Gasteiger partial charge in [-0.05, 0) is 61.6 Å². The molecule has 2 aromatic rings. The first kappa shape index (κ1) is 18.1. The van der Waals surface area contributed by atoms with E-state index in [4.69, 9.17) is 0 Å². The molecule has 0 radical (unpaired) electrons. The van der Waals surface area contributed by atoms with Gasteiger partial charge < -0.3 is 0 Å². The van der Waals surface area contributed by atoms with E-state index >= 15 is 0 Å². The number of hydrogen-bond acceptors (Lipinski definition) is 2. The van der Waals surface area contributed by atoms with E-state index in [-0.39, 0.29) is 11.6 Å². The van der Waals surface area contributed by atoms with E-state index < -0.39 is 0 Å². The van der Waals surface area contributed by atoms with Crippen molar-refractivity contribution in [1.29, 1.82) is 0 Å². The lowest BCUT2D eigenvalue weighted by Crippen LogP contribution is -2.05. The van der Waals surface area contributed by atoms with Gasteiger partial charge in [0.05, 0.1) is 0 Å². The summed E-state index contributed by atoms with van der Waals surface area (Å²) in [6.07, 6.45) is 2.66. The van der Waals surface area contributed by atoms with E-state index in [1.807, 2.05) is 26.0 Å². The molecule has 24 heavy (non-hydrogen) atoms. The number of benzene rings is 2. The Labute approximate surface area is 144 Å². The van der Waals surface area contributed by atoms with Gasteiger partial charge in [0.1, 0.15) is 0 Å². The van der Waals surface area contributed by atoms with Crippen LogP contribution >= 0.6 is 0 Å². The number of aryl methyl sites for hydroxylation is 4. The molecule has 0 atom stereocenters. The standard InChI is InChI=1S/C22H26O2/c1-5-17-9-15(3)10-18(13-17)7-8-22(24)20-12-16(4)11-19(14-20)21(23)6-2/h9-14H,5-8H2,1-4H3. The molecule has 0 spiro atoms. The highest BCUT2D eigenvalue weighted by atomic mass is 16.1. The minimum absolute atomic E-state index is 0.0824. The van der Waals surface area contributed by atoms with Crippen LogP contribution in [0.15, 0.2) is 36.4 Å². The Morgan fingerprint density at radius 3 is 1.96 bits per heavy atom. The predicted molar refractivity (Wildman–Crippen MR) is 99.0 cm³/mol. The fraction of sp³-hybridized carbons (Fsp3) is 0.364. The van der Waals surface area contributed by atoms with Crippen molar-refractivity contribution >= 4 is 11.6 Å². The smallest absolute Gasteiger partial charge is 0.163 e. The van der Waals surface area contributed by atoms with Crippen molar-refractivity contribution in [3.63, 3.8) is 0 Å². The lowest BCUT2D eigenvalue weighted by atomic mass is 9.96. The second-order valence-corrected chi connectivity index (χ2v) is 6.47. The normalized spacial score (nSPS) is 10.7. The van der Waals surface area contributed by atoms with Gasteiger partial charge in [-0.15, -0.1) is 0 Å². The quantitative estimate of drug-likeness (QED) is 0.650. The number of carbonyl (C=O) groups excluding carboxylic acids is 2. The third kappa shape index (κ3) is 4.64. The zero-order valence-electron chi connectivity index (χ0n) is 15.1. The highest BCUT2D eigenvalue weighted by Crippen LogP contribution is 2.17. The van der Waals surface area contributed by atoms with Crippen molar-refractivity contribution in [2.45, 2.75) is 53.4 Å². The Hall–Kier alpha value is -2.22. The molecule has 0 saturated heterocycles. The number of carbonyl (C=O) groups is 2. The molecule has 0 bridgehead atoms. The Bertz CT molecular complexity index is 757. The van der Waals surface area contributed by atoms with Crippen LogP contribution in [0.3, 0.4) is 0 Å². The molecule has 0 aliphatic rings. The summed E-state index contributed by atoms with van der Waals surface area (Å²) in [5.41, 5.74) is 6.01. The molecule has 0 aliphatic heterocycles. The summed E-state index contributed by atoms with van der Waals surface area (Å²) in [4.78, 5) is 24.5. The second kappa shape index (κ2) is 8.05. The van der Waals surface area contributed by atoms with Gasteiger partial charge in [0.25, 0.3) is 0 Å². The maximum atomic E-state index is 12.6. The van der Waals surface area contributed by atoms with Crippen molar-refractivity contribution in [2.75, 3.05) is 0 Å². The van der Waals surface area contributed by atoms with Crippen LogP contribution in [0, 0.1) is 13.8 Å². The number of ketones is 2. The molecular weight excluding hydrogens is 296 g/mol. The number of Topliss-reactive ketones (excluding diaryl/α,β-unsaturated/α-hetero) is 2. The maximum absolute atomic E-state index is 12.6. The molecule has 2 heteroatoms. The van der Waals surface area contributed by atoms with Gasteiger partial charge in [-0.1, -0.05) is 37.6 Å². The molecule has 0 N–H and O–H groups in total. The van der Waals surface area contributed by atoms with Gasteiger partial charge in [-0.2, -0.15) is 0 Å². The van der Waals surface area contributed by atoms with Gasteiger partial charge in [-0.3, -0.25) is 9.59 Å². The first-order valence-corrected chi connectivity index (χ1v) is 8.70. The summed E-state index contributed by atoms with van der Waals surface area (Å²) in [7, 11) is 0. The van der Waals surface area contributed by atoms with Crippen molar-refractivity contribution in [3.05, 3.63) is 69.8 Å². The second-order valence-electron chi connectivity index (χ2n) is 6.47. The molecule has 0 saturated carbocycles. The maximum Gasteiger partial charge on any atom is 0.163 e. The van der Waals surface area contributed by atoms with Crippen LogP contribution in [0.4, 0.5) is 0 Å². The van der Waals surface area contributed by atoms with Crippen LogP contribution < -0.4 is 0 Å². The average molecular weight is 322 g/mol. The van der Waals surface area contributed by atoms with Crippen LogP contribution in [0.2, 0.25) is 0 Å². The molecule has 0 unspecified atom stereocenters. The Morgan fingerprint density at radius 2 is 1.33 bits per heavy atom. The minimum atomic E-state index is 0.0824. The molecule has 0 aromatic heterocycles. The Balaban J connectivity index is 2.14. The largest absolute Gasteiger partial charge is 0.294 e. The van der Waals surface area contributed by atoms with Gasteiger partial charge in [0.2, 0.25) is 0 Å². The highest BCUT2D eigenvalue weighted by molar-refractivity contribution is 6.01. The van der Waals surface area contributed by atoms with E-state index in [9.17, 15) is 9.59 Å². The van der Waals surface area contributed by atoms with E-state index in [1.54, 1.807) is 6.07 Å². The monoisotopic (exact) mass is 322 g/mol. The molecular formula is C22H26O2. The molecule has 0 fully saturated rings. The van der Waals surface area contributed by atoms with Crippen LogP contribution in [-0.4, -0.2) is 11.6 Å². The van der Waals surface area contributed by atoms with Crippen LogP contribution in [-0.2, 0) is 12.8 Å². The molecule has 2 nitrogen and oxygen atoms in total. The lowest BCUT2D eigenvalue weighted by Gasteiger charge is -2.08. The van der Waals surface area contributed by atoms with Gasteiger partial charge >= 0.3 is 0 Å². The summed E-state index contributed by atoms with van der Waals surface area (Å²) in [5.74, 6) is 0.183. The van der Waals surface area contributed by atoms with Crippen LogP contribution in [0.1, 0.15) is 69.7 Å².